The number of aldehydes is 1. The smallest absolute Gasteiger partial charge is 0.225 e. The highest BCUT2D eigenvalue weighted by Crippen LogP contribution is 2.16. The highest BCUT2D eigenvalue weighted by Gasteiger charge is 2.18. The molecule has 6 aromatic rings. The van der Waals surface area contributed by atoms with Gasteiger partial charge in [0.05, 0.1) is 16.7 Å². The van der Waals surface area contributed by atoms with Crippen LogP contribution in [0.15, 0.2) is 121 Å². The molecule has 4 heterocycles. The first-order valence-corrected chi connectivity index (χ1v) is 20.6. The Labute approximate surface area is 347 Å². The van der Waals surface area contributed by atoms with Crippen molar-refractivity contribution in [2.24, 2.45) is 0 Å². The van der Waals surface area contributed by atoms with E-state index in [2.05, 4.69) is 59.9 Å². The molecular formula is C48H56N8O3. The molecule has 4 aromatic carbocycles. The van der Waals surface area contributed by atoms with Crippen LogP contribution in [-0.2, 0) is 16.1 Å². The fourth-order valence-electron chi connectivity index (χ4n) is 7.09. The van der Waals surface area contributed by atoms with Gasteiger partial charge < -0.3 is 25.8 Å². The molecule has 2 amide bonds. The van der Waals surface area contributed by atoms with Gasteiger partial charge in [0, 0.05) is 107 Å². The van der Waals surface area contributed by atoms with Gasteiger partial charge in [-0.05, 0) is 73.5 Å². The second kappa shape index (κ2) is 22.3. The lowest BCUT2D eigenvalue weighted by Gasteiger charge is -2.34. The largest absolute Gasteiger partial charge is 0.326 e. The Morgan fingerprint density at radius 1 is 0.593 bits per heavy atom. The molecule has 3 N–H and O–H groups in total. The molecule has 2 saturated heterocycles. The lowest BCUT2D eigenvalue weighted by atomic mass is 10.2. The van der Waals surface area contributed by atoms with Crippen molar-refractivity contribution in [2.75, 3.05) is 76.1 Å². The number of anilines is 2. The van der Waals surface area contributed by atoms with E-state index in [0.717, 1.165) is 123 Å². The van der Waals surface area contributed by atoms with Crippen LogP contribution in [0, 0.1) is 13.8 Å². The van der Waals surface area contributed by atoms with Crippen molar-refractivity contribution in [3.8, 4) is 0 Å². The van der Waals surface area contributed by atoms with Crippen molar-refractivity contribution < 1.29 is 14.4 Å². The number of para-hydroxylation sites is 2. The van der Waals surface area contributed by atoms with Crippen LogP contribution in [0.4, 0.5) is 11.4 Å². The number of fused-ring (bicyclic) bond motifs is 2. The van der Waals surface area contributed by atoms with Gasteiger partial charge in [-0.1, -0.05) is 72.8 Å². The van der Waals surface area contributed by atoms with Gasteiger partial charge in [-0.2, -0.15) is 0 Å². The van der Waals surface area contributed by atoms with E-state index in [9.17, 15) is 14.4 Å². The molecule has 11 nitrogen and oxygen atoms in total. The van der Waals surface area contributed by atoms with Crippen LogP contribution in [-0.4, -0.2) is 108 Å². The number of benzene rings is 4. The standard InChI is InChI=1S/C24H28N4O.C14H21N3O.C10H7NO/c1-19-5-4-7-21(17-19)26-24(29)11-12-27-13-15-28(16-14-27)18-22-10-9-20-6-2-3-8-23(20)25-22;1-12-3-2-4-13(11-12)16-14(18)5-8-17-9-6-15-7-10-17;12-7-9-6-5-8-3-1-2-4-10(8)11-9/h2-10,17H,11-16,18H2,1H3,(H,26,29);2-4,11,15H,5-10H2,1H3,(H,16,18);1-7H. The maximum Gasteiger partial charge on any atom is 0.225 e. The SMILES string of the molecule is Cc1cccc(NC(=O)CCN2CCN(Cc3ccc4ccccc4n3)CC2)c1.Cc1cccc(NC(=O)CCN2CCNCC2)c1.O=Cc1ccc2ccccc2n1. The monoisotopic (exact) mass is 792 g/mol. The summed E-state index contributed by atoms with van der Waals surface area (Å²) in [6, 6.07) is 39.7. The zero-order valence-electron chi connectivity index (χ0n) is 34.3. The number of aromatic nitrogens is 2. The van der Waals surface area contributed by atoms with Gasteiger partial charge in [0.2, 0.25) is 11.8 Å². The van der Waals surface area contributed by atoms with Crippen molar-refractivity contribution in [1.29, 1.82) is 0 Å². The quantitative estimate of drug-likeness (QED) is 0.120. The maximum atomic E-state index is 12.2. The van der Waals surface area contributed by atoms with Crippen LogP contribution in [0.3, 0.4) is 0 Å². The molecule has 0 atom stereocenters. The van der Waals surface area contributed by atoms with E-state index in [-0.39, 0.29) is 11.8 Å². The Hall–Kier alpha value is -5.85. The summed E-state index contributed by atoms with van der Waals surface area (Å²) in [7, 11) is 0. The van der Waals surface area contributed by atoms with Gasteiger partial charge in [0.1, 0.15) is 5.69 Å². The highest BCUT2D eigenvalue weighted by molar-refractivity contribution is 5.91. The van der Waals surface area contributed by atoms with Crippen molar-refractivity contribution in [3.05, 3.63) is 144 Å². The van der Waals surface area contributed by atoms with E-state index >= 15 is 0 Å². The summed E-state index contributed by atoms with van der Waals surface area (Å²) in [6.45, 7) is 14.7. The number of pyridine rings is 2. The Bertz CT molecular complexity index is 2280. The molecule has 0 bridgehead atoms. The Kier molecular flexibility index (Phi) is 16.2. The summed E-state index contributed by atoms with van der Waals surface area (Å²) in [5, 5.41) is 11.5. The number of rotatable bonds is 11. The fraction of sp³-hybridized carbons (Fsp3) is 0.312. The fourth-order valence-corrected chi connectivity index (χ4v) is 7.09. The summed E-state index contributed by atoms with van der Waals surface area (Å²) in [5.74, 6) is 0.178. The predicted octanol–water partition coefficient (Wildman–Crippen LogP) is 6.97. The predicted molar refractivity (Wildman–Crippen MR) is 239 cm³/mol. The summed E-state index contributed by atoms with van der Waals surface area (Å²) in [4.78, 5) is 50.5. The first-order chi connectivity index (χ1) is 28.8. The lowest BCUT2D eigenvalue weighted by molar-refractivity contribution is -0.117. The average molecular weight is 793 g/mol. The number of nitrogens with one attached hydrogen (secondary N) is 3. The van der Waals surface area contributed by atoms with Crippen molar-refractivity contribution in [2.45, 2.75) is 33.2 Å². The first kappa shape index (κ1) is 42.7. The molecule has 2 aromatic heterocycles. The number of hydrogen-bond donors (Lipinski definition) is 3. The van der Waals surface area contributed by atoms with Gasteiger partial charge in [-0.3, -0.25) is 24.3 Å². The number of amides is 2. The van der Waals surface area contributed by atoms with E-state index in [0.29, 0.717) is 18.5 Å². The first-order valence-electron chi connectivity index (χ1n) is 20.6. The van der Waals surface area contributed by atoms with E-state index in [1.165, 1.54) is 5.39 Å². The van der Waals surface area contributed by atoms with Gasteiger partial charge in [-0.25, -0.2) is 4.98 Å². The van der Waals surface area contributed by atoms with Gasteiger partial charge in [0.25, 0.3) is 0 Å². The van der Waals surface area contributed by atoms with Gasteiger partial charge >= 0.3 is 0 Å². The second-order valence-corrected chi connectivity index (χ2v) is 15.1. The normalized spacial score (nSPS) is 14.7. The zero-order chi connectivity index (χ0) is 41.2. The van der Waals surface area contributed by atoms with Crippen LogP contribution in [0.5, 0.6) is 0 Å². The molecule has 2 fully saturated rings. The highest BCUT2D eigenvalue weighted by atomic mass is 16.2. The molecule has 0 unspecified atom stereocenters. The maximum absolute atomic E-state index is 12.2. The number of carbonyl (C=O) groups excluding carboxylic acids is 3. The zero-order valence-corrected chi connectivity index (χ0v) is 34.3. The minimum absolute atomic E-state index is 0.0818. The third kappa shape index (κ3) is 14.2. The number of carbonyl (C=O) groups is 3. The molecule has 59 heavy (non-hydrogen) atoms. The van der Waals surface area contributed by atoms with Crippen LogP contribution < -0.4 is 16.0 Å². The van der Waals surface area contributed by atoms with E-state index < -0.39 is 0 Å². The van der Waals surface area contributed by atoms with Crippen LogP contribution >= 0.6 is 0 Å². The number of nitrogens with zero attached hydrogens (tertiary/aromatic N) is 5. The van der Waals surface area contributed by atoms with E-state index in [1.54, 1.807) is 6.07 Å². The molecule has 2 aliphatic rings. The third-order valence-corrected chi connectivity index (χ3v) is 10.4. The number of aryl methyl sites for hydroxylation is 2. The molecule has 11 heteroatoms. The molecular weight excluding hydrogens is 737 g/mol. The van der Waals surface area contributed by atoms with Crippen LogP contribution in [0.1, 0.15) is 40.2 Å². The van der Waals surface area contributed by atoms with Gasteiger partial charge in [0.15, 0.2) is 6.29 Å². The second-order valence-electron chi connectivity index (χ2n) is 15.1. The minimum atomic E-state index is 0.0818. The molecule has 306 valence electrons. The number of piperazine rings is 2. The lowest BCUT2D eigenvalue weighted by Crippen LogP contribution is -2.46. The van der Waals surface area contributed by atoms with Crippen molar-refractivity contribution >= 4 is 51.3 Å². The Balaban J connectivity index is 0.000000165. The summed E-state index contributed by atoms with van der Waals surface area (Å²) in [5.41, 5.74) is 7.60. The van der Waals surface area contributed by atoms with Crippen LogP contribution in [0.2, 0.25) is 0 Å². The third-order valence-electron chi connectivity index (χ3n) is 10.4. The topological polar surface area (TPSA) is 123 Å². The molecule has 8 rings (SSSR count). The molecule has 2 aliphatic heterocycles. The Morgan fingerprint density at radius 2 is 1.10 bits per heavy atom. The van der Waals surface area contributed by atoms with Crippen LogP contribution in [0.25, 0.3) is 21.8 Å². The summed E-state index contributed by atoms with van der Waals surface area (Å²) in [6.07, 6.45) is 1.85. The summed E-state index contributed by atoms with van der Waals surface area (Å²) >= 11 is 0. The molecule has 0 aliphatic carbocycles. The summed E-state index contributed by atoms with van der Waals surface area (Å²) < 4.78 is 0. The van der Waals surface area contributed by atoms with E-state index in [4.69, 9.17) is 4.98 Å². The molecule has 0 saturated carbocycles. The van der Waals surface area contributed by atoms with Crippen molar-refractivity contribution in [3.63, 3.8) is 0 Å². The number of hydrogen-bond acceptors (Lipinski definition) is 9. The average Bonchev–Trinajstić information content (AvgIpc) is 3.26. The van der Waals surface area contributed by atoms with Gasteiger partial charge in [-0.15, -0.1) is 0 Å². The Morgan fingerprint density at radius 3 is 1.66 bits per heavy atom. The molecule has 0 radical (unpaired) electrons. The molecule has 0 spiro atoms. The minimum Gasteiger partial charge on any atom is -0.326 e. The van der Waals surface area contributed by atoms with Crippen molar-refractivity contribution in [1.82, 2.24) is 30.0 Å². The van der Waals surface area contributed by atoms with E-state index in [1.807, 2.05) is 105 Å².